The molecule has 0 aliphatic carbocycles. The van der Waals surface area contributed by atoms with Gasteiger partial charge < -0.3 is 28.6 Å². The molecule has 0 aromatic carbocycles. The summed E-state index contributed by atoms with van der Waals surface area (Å²) in [6.45, 7) is -1.27. The lowest BCUT2D eigenvalue weighted by atomic mass is 10.4. The number of aliphatic hydroxyl groups excluding tert-OH is 2. The van der Waals surface area contributed by atoms with Gasteiger partial charge in [-0.1, -0.05) is 0 Å². The van der Waals surface area contributed by atoms with Gasteiger partial charge in [-0.05, 0) is 0 Å². The quantitative estimate of drug-likeness (QED) is 0.235. The fourth-order valence-corrected chi connectivity index (χ4v) is 1.67. The number of phosphoric acid groups is 1. The van der Waals surface area contributed by atoms with Crippen molar-refractivity contribution in [1.82, 2.24) is 0 Å². The first-order chi connectivity index (χ1) is 8.09. The summed E-state index contributed by atoms with van der Waals surface area (Å²) in [4.78, 5) is 21.8. The Labute approximate surface area is 105 Å². The van der Waals surface area contributed by atoms with Crippen LogP contribution in [-0.4, -0.2) is 67.6 Å². The highest BCUT2D eigenvalue weighted by atomic mass is 31.2. The van der Waals surface area contributed by atoms with Crippen molar-refractivity contribution >= 4 is 13.8 Å². The highest BCUT2D eigenvalue weighted by Gasteiger charge is 2.20. The molecule has 2 atom stereocenters. The van der Waals surface area contributed by atoms with Crippen molar-refractivity contribution in [2.24, 2.45) is 0 Å². The molecule has 0 heterocycles. The van der Waals surface area contributed by atoms with E-state index in [-0.39, 0.29) is 11.0 Å². The predicted molar refractivity (Wildman–Crippen MR) is 59.8 cm³/mol. The molecule has 0 bridgehead atoms. The number of hydrogen-bond donors (Lipinski definition) is 2. The smallest absolute Gasteiger partial charge is 0.320 e. The summed E-state index contributed by atoms with van der Waals surface area (Å²) < 4.78 is 20.3. The lowest BCUT2D eigenvalue weighted by molar-refractivity contribution is -0.866. The third kappa shape index (κ3) is 8.38. The molecule has 0 fully saturated rings. The fourth-order valence-electron chi connectivity index (χ4n) is 0.902. The highest BCUT2D eigenvalue weighted by Crippen LogP contribution is 2.40. The normalized spacial score (nSPS) is 16.6. The first kappa shape index (κ1) is 17.3. The van der Waals surface area contributed by atoms with Gasteiger partial charge in [-0.2, -0.15) is 0 Å². The summed E-state index contributed by atoms with van der Waals surface area (Å²) in [6, 6.07) is 0. The lowest BCUT2D eigenvalue weighted by Crippen LogP contribution is -2.37. The van der Waals surface area contributed by atoms with Crippen LogP contribution in [0.5, 0.6) is 0 Å². The first-order valence-electron chi connectivity index (χ1n) is 5.08. The molecule has 0 aromatic rings. The second kappa shape index (κ2) is 7.01. The van der Waals surface area contributed by atoms with Crippen LogP contribution in [0.2, 0.25) is 0 Å². The minimum atomic E-state index is -4.75. The molecular formula is C9H18NO7P. The number of rotatable bonds is 8. The second-order valence-corrected chi connectivity index (χ2v) is 5.98. The van der Waals surface area contributed by atoms with E-state index < -0.39 is 32.9 Å². The third-order valence-electron chi connectivity index (χ3n) is 1.59. The van der Waals surface area contributed by atoms with E-state index in [0.29, 0.717) is 0 Å². The van der Waals surface area contributed by atoms with Crippen LogP contribution in [0.25, 0.3) is 0 Å². The Balaban J connectivity index is 4.46. The highest BCUT2D eigenvalue weighted by molar-refractivity contribution is 7.46. The average Bonchev–Trinajstić information content (AvgIpc) is 2.22. The Morgan fingerprint density at radius 2 is 2.06 bits per heavy atom. The van der Waals surface area contributed by atoms with E-state index >= 15 is 0 Å². The van der Waals surface area contributed by atoms with Gasteiger partial charge in [0.15, 0.2) is 5.94 Å². The molecule has 2 N–H and O–H groups in total. The first-order valence-corrected chi connectivity index (χ1v) is 6.54. The number of likely N-dealkylation sites (N-methyl/N-ethyl adjacent to an activating group) is 1. The minimum absolute atomic E-state index is 0.0155. The molecular weight excluding hydrogens is 265 g/mol. The maximum absolute atomic E-state index is 11.3. The van der Waals surface area contributed by atoms with Crippen LogP contribution in [0, 0.1) is 0 Å². The van der Waals surface area contributed by atoms with Crippen molar-refractivity contribution in [3.05, 3.63) is 5.76 Å². The van der Waals surface area contributed by atoms with Gasteiger partial charge in [0.1, 0.15) is 12.6 Å². The zero-order chi connectivity index (χ0) is 14.4. The predicted octanol–water partition coefficient (Wildman–Crippen LogP) is -1.74. The summed E-state index contributed by atoms with van der Waals surface area (Å²) in [5.74, 6) is 0.964. The van der Waals surface area contributed by atoms with Crippen LogP contribution in [0.15, 0.2) is 5.76 Å². The molecule has 9 heteroatoms. The van der Waals surface area contributed by atoms with Crippen molar-refractivity contribution < 1.29 is 38.0 Å². The SMILES string of the molecule is C[N+](C)(C)CC(=C=O)OP(=O)([O-])OC[C@H](O)CO. The van der Waals surface area contributed by atoms with Crippen molar-refractivity contribution in [2.75, 3.05) is 40.9 Å². The fraction of sp³-hybridized carbons (Fsp3) is 0.778. The molecule has 0 radical (unpaired) electrons. The van der Waals surface area contributed by atoms with E-state index in [4.69, 9.17) is 10.2 Å². The summed E-state index contributed by atoms with van der Waals surface area (Å²) in [6.07, 6.45) is -1.34. The molecule has 0 saturated carbocycles. The number of phosphoric ester groups is 1. The van der Waals surface area contributed by atoms with Crippen LogP contribution in [0.4, 0.5) is 0 Å². The van der Waals surface area contributed by atoms with E-state index in [1.807, 2.05) is 0 Å². The molecule has 8 nitrogen and oxygen atoms in total. The number of carbonyl (C=O) groups excluding carboxylic acids is 1. The van der Waals surface area contributed by atoms with Gasteiger partial charge in [0, 0.05) is 0 Å². The second-order valence-electron chi connectivity index (χ2n) is 4.64. The number of nitrogens with zero attached hydrogens (tertiary/aromatic N) is 1. The van der Waals surface area contributed by atoms with Gasteiger partial charge >= 0.3 is 7.82 Å². The van der Waals surface area contributed by atoms with Crippen molar-refractivity contribution in [3.63, 3.8) is 0 Å². The number of quaternary nitrogens is 1. The average molecular weight is 283 g/mol. The van der Waals surface area contributed by atoms with Crippen LogP contribution in [0.3, 0.4) is 0 Å². The van der Waals surface area contributed by atoms with E-state index in [1.165, 1.54) is 5.94 Å². The van der Waals surface area contributed by atoms with Crippen molar-refractivity contribution in [2.45, 2.75) is 6.10 Å². The standard InChI is InChI=1S/C9H18NO7P/c1-10(2,3)4-9(6-12)17-18(14,15)16-7-8(13)5-11/h8,11,13H,4-5,7H2,1-3H3/t8-/m1/s1. The monoisotopic (exact) mass is 283 g/mol. The minimum Gasteiger partial charge on any atom is -0.746 e. The summed E-state index contributed by atoms with van der Waals surface area (Å²) in [7, 11) is 0.438. The summed E-state index contributed by atoms with van der Waals surface area (Å²) in [5, 5.41) is 17.4. The zero-order valence-corrected chi connectivity index (χ0v) is 11.4. The molecule has 0 saturated heterocycles. The van der Waals surface area contributed by atoms with E-state index in [9.17, 15) is 14.3 Å². The van der Waals surface area contributed by atoms with Crippen LogP contribution in [-0.2, 0) is 18.4 Å². The van der Waals surface area contributed by atoms with Crippen LogP contribution in [0.1, 0.15) is 0 Å². The number of aliphatic hydroxyl groups is 2. The van der Waals surface area contributed by atoms with Gasteiger partial charge in [-0.25, -0.2) is 4.79 Å². The largest absolute Gasteiger partial charge is 0.746 e. The maximum Gasteiger partial charge on any atom is 0.320 e. The molecule has 18 heavy (non-hydrogen) atoms. The Hall–Kier alpha value is -0.720. The van der Waals surface area contributed by atoms with Crippen LogP contribution >= 0.6 is 7.82 Å². The van der Waals surface area contributed by atoms with Gasteiger partial charge in [0.05, 0.1) is 34.4 Å². The van der Waals surface area contributed by atoms with Gasteiger partial charge in [0.2, 0.25) is 5.76 Å². The summed E-state index contributed by atoms with van der Waals surface area (Å²) in [5.41, 5.74) is 0. The molecule has 0 spiro atoms. The molecule has 106 valence electrons. The third-order valence-corrected chi connectivity index (χ3v) is 2.50. The zero-order valence-electron chi connectivity index (χ0n) is 10.5. The Morgan fingerprint density at radius 1 is 1.50 bits per heavy atom. The van der Waals surface area contributed by atoms with Gasteiger partial charge in [-0.15, -0.1) is 0 Å². The van der Waals surface area contributed by atoms with Gasteiger partial charge in [0.25, 0.3) is 0 Å². The molecule has 0 amide bonds. The molecule has 0 aliphatic rings. The topological polar surface area (TPSA) is 116 Å². The van der Waals surface area contributed by atoms with E-state index in [0.717, 1.165) is 0 Å². The van der Waals surface area contributed by atoms with Gasteiger partial charge in [-0.3, -0.25) is 4.57 Å². The lowest BCUT2D eigenvalue weighted by Gasteiger charge is -2.28. The molecule has 0 aromatic heterocycles. The molecule has 1 unspecified atom stereocenters. The maximum atomic E-state index is 11.3. The van der Waals surface area contributed by atoms with E-state index in [2.05, 4.69) is 9.05 Å². The van der Waals surface area contributed by atoms with Crippen LogP contribution < -0.4 is 4.89 Å². The Bertz CT molecular complexity index is 358. The summed E-state index contributed by atoms with van der Waals surface area (Å²) >= 11 is 0. The number of hydrogen-bond acceptors (Lipinski definition) is 7. The van der Waals surface area contributed by atoms with Crippen molar-refractivity contribution in [1.29, 1.82) is 0 Å². The Morgan fingerprint density at radius 3 is 2.44 bits per heavy atom. The van der Waals surface area contributed by atoms with E-state index in [1.54, 1.807) is 21.1 Å². The molecule has 0 rings (SSSR count). The van der Waals surface area contributed by atoms with Crippen molar-refractivity contribution in [3.8, 4) is 0 Å². The molecule has 0 aliphatic heterocycles. The Kier molecular flexibility index (Phi) is 6.73.